The molecule has 0 fully saturated rings. The van der Waals surface area contributed by atoms with E-state index in [0.717, 1.165) is 4.90 Å². The lowest BCUT2D eigenvalue weighted by Crippen LogP contribution is -2.53. The Bertz CT molecular complexity index is 457. The molecule has 0 aromatic heterocycles. The first-order chi connectivity index (χ1) is 9.85. The largest absolute Gasteiger partial charge is 0.480 e. The summed E-state index contributed by atoms with van der Waals surface area (Å²) in [4.78, 5) is 46.8. The van der Waals surface area contributed by atoms with Crippen molar-refractivity contribution in [3.05, 3.63) is 0 Å². The molecular formula is C13H23N3O6. The van der Waals surface area contributed by atoms with Crippen molar-refractivity contribution >= 4 is 23.9 Å². The number of carbonyl (C=O) groups excluding carboxylic acids is 3. The monoisotopic (exact) mass is 317 g/mol. The van der Waals surface area contributed by atoms with Gasteiger partial charge in [-0.3, -0.25) is 19.3 Å². The molecule has 0 rings (SSSR count). The lowest BCUT2D eigenvalue weighted by atomic mass is 10.1. The molecule has 0 unspecified atom stereocenters. The highest BCUT2D eigenvalue weighted by atomic mass is 16.6. The van der Waals surface area contributed by atoms with Gasteiger partial charge in [-0.05, 0) is 27.7 Å². The van der Waals surface area contributed by atoms with E-state index < -0.39 is 48.0 Å². The van der Waals surface area contributed by atoms with Crippen LogP contribution in [-0.2, 0) is 19.1 Å². The van der Waals surface area contributed by atoms with Gasteiger partial charge in [-0.15, -0.1) is 0 Å². The fourth-order valence-electron chi connectivity index (χ4n) is 1.43. The number of carboxylic acids is 1. The average Bonchev–Trinajstić information content (AvgIpc) is 2.32. The van der Waals surface area contributed by atoms with Crippen LogP contribution in [0.25, 0.3) is 0 Å². The maximum Gasteiger partial charge on any atom is 0.410 e. The zero-order valence-corrected chi connectivity index (χ0v) is 13.4. The van der Waals surface area contributed by atoms with Gasteiger partial charge in [0.2, 0.25) is 11.8 Å². The van der Waals surface area contributed by atoms with Crippen LogP contribution in [0.2, 0.25) is 0 Å². The molecule has 0 bridgehead atoms. The van der Waals surface area contributed by atoms with E-state index in [0.29, 0.717) is 0 Å². The summed E-state index contributed by atoms with van der Waals surface area (Å²) in [5, 5.41) is 11.0. The quantitative estimate of drug-likeness (QED) is 0.614. The van der Waals surface area contributed by atoms with Crippen molar-refractivity contribution in [2.75, 3.05) is 7.05 Å². The van der Waals surface area contributed by atoms with Crippen LogP contribution >= 0.6 is 0 Å². The Balaban J connectivity index is 5.11. The van der Waals surface area contributed by atoms with Crippen molar-refractivity contribution in [1.29, 1.82) is 0 Å². The SMILES string of the molecule is C[C@H](NC(=O)[C@H](CC(N)=O)N(C)C(=O)OC(C)(C)C)C(=O)O. The maximum absolute atomic E-state index is 12.1. The third-order valence-electron chi connectivity index (χ3n) is 2.58. The summed E-state index contributed by atoms with van der Waals surface area (Å²) in [5.74, 6) is -2.85. The third-order valence-corrected chi connectivity index (χ3v) is 2.58. The molecular weight excluding hydrogens is 294 g/mol. The molecule has 9 nitrogen and oxygen atoms in total. The van der Waals surface area contributed by atoms with Gasteiger partial charge >= 0.3 is 12.1 Å². The standard InChI is InChI=1S/C13H23N3O6/c1-7(11(19)20)15-10(18)8(6-9(14)17)16(5)12(21)22-13(2,3)4/h7-8H,6H2,1-5H3,(H2,14,17)(H,15,18)(H,19,20)/t7-,8-/m0/s1. The Hall–Kier alpha value is -2.32. The highest BCUT2D eigenvalue weighted by Gasteiger charge is 2.32. The number of nitrogens with one attached hydrogen (secondary N) is 1. The Labute approximate surface area is 128 Å². The third kappa shape index (κ3) is 6.91. The summed E-state index contributed by atoms with van der Waals surface area (Å²) in [6, 6.07) is -2.43. The van der Waals surface area contributed by atoms with Crippen molar-refractivity contribution in [3.63, 3.8) is 0 Å². The van der Waals surface area contributed by atoms with E-state index in [1.807, 2.05) is 0 Å². The second-order valence-corrected chi connectivity index (χ2v) is 5.85. The molecule has 0 aliphatic carbocycles. The molecule has 0 radical (unpaired) electrons. The molecule has 0 aromatic carbocycles. The number of nitrogens with zero attached hydrogens (tertiary/aromatic N) is 1. The minimum atomic E-state index is -1.26. The van der Waals surface area contributed by atoms with Gasteiger partial charge < -0.3 is 20.9 Å². The Morgan fingerprint density at radius 1 is 1.27 bits per heavy atom. The van der Waals surface area contributed by atoms with E-state index >= 15 is 0 Å². The van der Waals surface area contributed by atoms with Crippen molar-refractivity contribution in [2.45, 2.75) is 51.8 Å². The van der Waals surface area contributed by atoms with E-state index in [1.54, 1.807) is 20.8 Å². The zero-order chi connectivity index (χ0) is 17.7. The summed E-state index contributed by atoms with van der Waals surface area (Å²) in [7, 11) is 1.27. The predicted octanol–water partition coefficient (Wildman–Crippen LogP) is -0.313. The predicted molar refractivity (Wildman–Crippen MR) is 76.8 cm³/mol. The Kier molecular flexibility index (Phi) is 6.82. The number of aliphatic carboxylic acids is 1. The number of rotatable bonds is 6. The van der Waals surface area contributed by atoms with Gasteiger partial charge in [0.05, 0.1) is 6.42 Å². The number of amides is 3. The van der Waals surface area contributed by atoms with Crippen LogP contribution in [0, 0.1) is 0 Å². The second-order valence-electron chi connectivity index (χ2n) is 5.85. The van der Waals surface area contributed by atoms with E-state index in [-0.39, 0.29) is 0 Å². The number of ether oxygens (including phenoxy) is 1. The lowest BCUT2D eigenvalue weighted by Gasteiger charge is -2.29. The van der Waals surface area contributed by atoms with Crippen LogP contribution < -0.4 is 11.1 Å². The fourth-order valence-corrected chi connectivity index (χ4v) is 1.43. The highest BCUT2D eigenvalue weighted by molar-refractivity contribution is 5.92. The number of carboxylic acid groups (broad SMARTS) is 1. The molecule has 9 heteroatoms. The first-order valence-corrected chi connectivity index (χ1v) is 6.62. The molecule has 0 saturated carbocycles. The summed E-state index contributed by atoms with van der Waals surface area (Å²) in [6.07, 6.45) is -1.27. The number of hydrogen-bond acceptors (Lipinski definition) is 5. The molecule has 2 atom stereocenters. The molecule has 0 heterocycles. The Morgan fingerprint density at radius 3 is 2.14 bits per heavy atom. The number of nitrogens with two attached hydrogens (primary N) is 1. The van der Waals surface area contributed by atoms with Crippen molar-refractivity contribution in [2.24, 2.45) is 5.73 Å². The number of likely N-dealkylation sites (N-methyl/N-ethyl adjacent to an activating group) is 1. The molecule has 126 valence electrons. The normalized spacial score (nSPS) is 13.7. The van der Waals surface area contributed by atoms with E-state index in [1.165, 1.54) is 14.0 Å². The van der Waals surface area contributed by atoms with Gasteiger partial charge in [-0.1, -0.05) is 0 Å². The number of primary amides is 1. The summed E-state index contributed by atoms with van der Waals surface area (Å²) in [6.45, 7) is 6.20. The summed E-state index contributed by atoms with van der Waals surface area (Å²) >= 11 is 0. The van der Waals surface area contributed by atoms with Crippen molar-refractivity contribution < 1.29 is 29.0 Å². The van der Waals surface area contributed by atoms with E-state index in [4.69, 9.17) is 15.6 Å². The van der Waals surface area contributed by atoms with E-state index in [9.17, 15) is 19.2 Å². The lowest BCUT2D eigenvalue weighted by molar-refractivity contribution is -0.142. The molecule has 0 saturated heterocycles. The summed E-state index contributed by atoms with van der Waals surface area (Å²) in [5.41, 5.74) is 4.29. The van der Waals surface area contributed by atoms with Crippen LogP contribution in [-0.4, -0.2) is 58.6 Å². The van der Waals surface area contributed by atoms with Crippen LogP contribution in [0.4, 0.5) is 4.79 Å². The van der Waals surface area contributed by atoms with Crippen LogP contribution in [0.5, 0.6) is 0 Å². The van der Waals surface area contributed by atoms with Gasteiger partial charge in [0.25, 0.3) is 0 Å². The summed E-state index contributed by atoms with van der Waals surface area (Å²) < 4.78 is 5.10. The maximum atomic E-state index is 12.1. The van der Waals surface area contributed by atoms with Crippen LogP contribution in [0.1, 0.15) is 34.1 Å². The van der Waals surface area contributed by atoms with Crippen molar-refractivity contribution in [3.8, 4) is 0 Å². The molecule has 0 aliphatic heterocycles. The first-order valence-electron chi connectivity index (χ1n) is 6.62. The average molecular weight is 317 g/mol. The molecule has 22 heavy (non-hydrogen) atoms. The number of hydrogen-bond donors (Lipinski definition) is 3. The van der Waals surface area contributed by atoms with Gasteiger partial charge in [-0.2, -0.15) is 0 Å². The molecule has 0 aromatic rings. The van der Waals surface area contributed by atoms with Gasteiger partial charge in [0, 0.05) is 7.05 Å². The van der Waals surface area contributed by atoms with Crippen molar-refractivity contribution in [1.82, 2.24) is 10.2 Å². The van der Waals surface area contributed by atoms with Gasteiger partial charge in [0.1, 0.15) is 17.7 Å². The minimum absolute atomic E-state index is 0.450. The van der Waals surface area contributed by atoms with Crippen LogP contribution in [0.15, 0.2) is 0 Å². The Morgan fingerprint density at radius 2 is 1.77 bits per heavy atom. The van der Waals surface area contributed by atoms with E-state index in [2.05, 4.69) is 5.32 Å². The highest BCUT2D eigenvalue weighted by Crippen LogP contribution is 2.12. The van der Waals surface area contributed by atoms with Gasteiger partial charge in [0.15, 0.2) is 0 Å². The minimum Gasteiger partial charge on any atom is -0.480 e. The first kappa shape index (κ1) is 19.7. The van der Waals surface area contributed by atoms with Gasteiger partial charge in [-0.25, -0.2) is 4.79 Å². The zero-order valence-electron chi connectivity index (χ0n) is 13.4. The smallest absolute Gasteiger partial charge is 0.410 e. The molecule has 4 N–H and O–H groups in total. The molecule has 0 aliphatic rings. The fraction of sp³-hybridized carbons (Fsp3) is 0.692. The molecule has 3 amide bonds. The number of carbonyl (C=O) groups is 4. The second kappa shape index (κ2) is 7.62. The van der Waals surface area contributed by atoms with Crippen LogP contribution in [0.3, 0.4) is 0 Å². The topological polar surface area (TPSA) is 139 Å². The molecule has 0 spiro atoms.